The van der Waals surface area contributed by atoms with Gasteiger partial charge in [0.15, 0.2) is 17.4 Å². The molecular weight excluding hydrogens is 385 g/mol. The largest absolute Gasteiger partial charge is 0.494 e. The van der Waals surface area contributed by atoms with Crippen LogP contribution in [0.25, 0.3) is 0 Å². The van der Waals surface area contributed by atoms with Crippen molar-refractivity contribution >= 4 is 21.8 Å². The van der Waals surface area contributed by atoms with Crippen molar-refractivity contribution in [3.05, 3.63) is 59.4 Å². The molecule has 0 spiro atoms. The first kappa shape index (κ1) is 19.8. The molecule has 28 heavy (non-hydrogen) atoms. The molecule has 1 aliphatic rings. The van der Waals surface area contributed by atoms with E-state index in [0.717, 1.165) is 0 Å². The van der Waals surface area contributed by atoms with Gasteiger partial charge in [0, 0.05) is 12.6 Å². The Bertz CT molecular complexity index is 1050. The van der Waals surface area contributed by atoms with E-state index in [1.807, 2.05) is 0 Å². The number of amidine groups is 1. The minimum Gasteiger partial charge on any atom is -0.494 e. The number of ether oxygens (including phenoxy) is 1. The highest BCUT2D eigenvalue weighted by atomic mass is 32.2. The Kier molecular flexibility index (Phi) is 5.37. The minimum atomic E-state index is -3.75. The number of carbonyl (C=O) groups is 1. The van der Waals surface area contributed by atoms with Gasteiger partial charge in [0.1, 0.15) is 4.90 Å². The summed E-state index contributed by atoms with van der Waals surface area (Å²) >= 11 is 0. The van der Waals surface area contributed by atoms with Gasteiger partial charge in [-0.1, -0.05) is 18.2 Å². The van der Waals surface area contributed by atoms with Crippen LogP contribution in [0, 0.1) is 5.82 Å². The smallest absolute Gasteiger partial charge is 0.285 e. The SMILES string of the molecule is COc1ccc([C@@H](C)NC(=O)CN(C)C2=NS(=O)(=O)c3ccccc32)cc1F. The van der Waals surface area contributed by atoms with Gasteiger partial charge in [-0.2, -0.15) is 8.42 Å². The summed E-state index contributed by atoms with van der Waals surface area (Å²) in [5.74, 6) is -0.522. The van der Waals surface area contributed by atoms with Gasteiger partial charge >= 0.3 is 0 Å². The quantitative estimate of drug-likeness (QED) is 0.823. The first-order chi connectivity index (χ1) is 13.2. The number of likely N-dealkylation sites (N-methyl/N-ethyl adjacent to an activating group) is 1. The molecule has 148 valence electrons. The van der Waals surface area contributed by atoms with Crippen LogP contribution in [-0.2, 0) is 14.8 Å². The third-order valence-electron chi connectivity index (χ3n) is 4.41. The fourth-order valence-electron chi connectivity index (χ4n) is 2.98. The monoisotopic (exact) mass is 405 g/mol. The molecule has 0 saturated heterocycles. The van der Waals surface area contributed by atoms with E-state index in [9.17, 15) is 17.6 Å². The summed E-state index contributed by atoms with van der Waals surface area (Å²) in [5.41, 5.74) is 1.04. The molecule has 1 aliphatic heterocycles. The van der Waals surface area contributed by atoms with Gasteiger partial charge in [-0.05, 0) is 36.8 Å². The number of carbonyl (C=O) groups excluding carboxylic acids is 1. The van der Waals surface area contributed by atoms with Gasteiger partial charge in [-0.15, -0.1) is 4.40 Å². The highest BCUT2D eigenvalue weighted by molar-refractivity contribution is 7.90. The van der Waals surface area contributed by atoms with Crippen LogP contribution in [0.1, 0.15) is 24.1 Å². The Labute approximate surface area is 162 Å². The summed E-state index contributed by atoms with van der Waals surface area (Å²) in [6.45, 7) is 1.62. The van der Waals surface area contributed by atoms with E-state index in [1.54, 1.807) is 38.2 Å². The maximum absolute atomic E-state index is 13.9. The third-order valence-corrected chi connectivity index (χ3v) is 5.73. The van der Waals surface area contributed by atoms with E-state index in [2.05, 4.69) is 9.71 Å². The zero-order chi connectivity index (χ0) is 20.5. The van der Waals surface area contributed by atoms with Crippen LogP contribution in [0.2, 0.25) is 0 Å². The summed E-state index contributed by atoms with van der Waals surface area (Å²) in [6.07, 6.45) is 0. The molecule has 1 amide bonds. The highest BCUT2D eigenvalue weighted by Gasteiger charge is 2.31. The highest BCUT2D eigenvalue weighted by Crippen LogP contribution is 2.27. The van der Waals surface area contributed by atoms with E-state index in [-0.39, 0.29) is 28.9 Å². The topological polar surface area (TPSA) is 88.1 Å². The van der Waals surface area contributed by atoms with Crippen LogP contribution < -0.4 is 10.1 Å². The second-order valence-electron chi connectivity index (χ2n) is 6.43. The van der Waals surface area contributed by atoms with Crippen molar-refractivity contribution in [3.63, 3.8) is 0 Å². The van der Waals surface area contributed by atoms with Crippen LogP contribution >= 0.6 is 0 Å². The van der Waals surface area contributed by atoms with E-state index in [1.165, 1.54) is 30.2 Å². The number of hydrogen-bond donors (Lipinski definition) is 1. The molecule has 0 bridgehead atoms. The minimum absolute atomic E-state index is 0.105. The number of amides is 1. The molecule has 0 fully saturated rings. The molecule has 7 nitrogen and oxygen atoms in total. The van der Waals surface area contributed by atoms with Gasteiger partial charge < -0.3 is 15.0 Å². The average molecular weight is 405 g/mol. The molecule has 1 N–H and O–H groups in total. The molecule has 0 radical (unpaired) electrons. The zero-order valence-electron chi connectivity index (χ0n) is 15.6. The predicted octanol–water partition coefficient (Wildman–Crippen LogP) is 2.09. The van der Waals surface area contributed by atoms with Crippen LogP contribution in [0.5, 0.6) is 5.75 Å². The van der Waals surface area contributed by atoms with E-state index in [0.29, 0.717) is 11.1 Å². The molecule has 2 aromatic carbocycles. The molecule has 2 aromatic rings. The maximum Gasteiger partial charge on any atom is 0.285 e. The second kappa shape index (κ2) is 7.59. The molecule has 0 aliphatic carbocycles. The van der Waals surface area contributed by atoms with Gasteiger partial charge in [0.25, 0.3) is 10.0 Å². The number of nitrogens with one attached hydrogen (secondary N) is 1. The molecule has 0 unspecified atom stereocenters. The summed E-state index contributed by atoms with van der Waals surface area (Å²) < 4.78 is 46.8. The molecule has 0 aromatic heterocycles. The van der Waals surface area contributed by atoms with Gasteiger partial charge in [-0.25, -0.2) is 4.39 Å². The second-order valence-corrected chi connectivity index (χ2v) is 8.00. The van der Waals surface area contributed by atoms with Crippen LogP contribution in [0.15, 0.2) is 51.8 Å². The third kappa shape index (κ3) is 3.84. The Hall–Kier alpha value is -2.94. The number of nitrogens with zero attached hydrogens (tertiary/aromatic N) is 2. The first-order valence-electron chi connectivity index (χ1n) is 8.51. The van der Waals surface area contributed by atoms with Crippen molar-refractivity contribution in [1.82, 2.24) is 10.2 Å². The fourth-order valence-corrected chi connectivity index (χ4v) is 4.23. The zero-order valence-corrected chi connectivity index (χ0v) is 16.5. The maximum atomic E-state index is 13.9. The Morgan fingerprint density at radius 2 is 2.00 bits per heavy atom. The fraction of sp³-hybridized carbons (Fsp3) is 0.263. The summed E-state index contributed by atoms with van der Waals surface area (Å²) in [5, 5.41) is 2.77. The lowest BCUT2D eigenvalue weighted by Crippen LogP contribution is -2.39. The van der Waals surface area contributed by atoms with Crippen LogP contribution in [-0.4, -0.2) is 45.8 Å². The number of sulfonamides is 1. The standard InChI is InChI=1S/C19H20FN3O4S/c1-12(13-8-9-16(27-3)15(20)10-13)21-18(24)11-23(2)19-14-6-4-5-7-17(14)28(25,26)22-19/h4-10,12H,11H2,1-3H3,(H,21,24)/t12-/m1/s1. The number of methoxy groups -OCH3 is 1. The number of rotatable bonds is 5. The van der Waals surface area contributed by atoms with Crippen molar-refractivity contribution in [1.29, 1.82) is 0 Å². The van der Waals surface area contributed by atoms with Crippen LogP contribution in [0.3, 0.4) is 0 Å². The number of fused-ring (bicyclic) bond motifs is 1. The Balaban J connectivity index is 1.69. The van der Waals surface area contributed by atoms with E-state index < -0.39 is 21.9 Å². The Morgan fingerprint density at radius 1 is 1.29 bits per heavy atom. The Morgan fingerprint density at radius 3 is 2.68 bits per heavy atom. The van der Waals surface area contributed by atoms with E-state index >= 15 is 0 Å². The lowest BCUT2D eigenvalue weighted by Gasteiger charge is -2.21. The summed E-state index contributed by atoms with van der Waals surface area (Å²) in [6, 6.07) is 10.5. The van der Waals surface area contributed by atoms with Gasteiger partial charge in [0.2, 0.25) is 5.91 Å². The van der Waals surface area contributed by atoms with Crippen LogP contribution in [0.4, 0.5) is 4.39 Å². The number of halogens is 1. The molecule has 0 saturated carbocycles. The summed E-state index contributed by atoms with van der Waals surface area (Å²) in [4.78, 5) is 14.0. The van der Waals surface area contributed by atoms with Crippen molar-refractivity contribution < 1.29 is 22.3 Å². The predicted molar refractivity (Wildman–Crippen MR) is 102 cm³/mol. The van der Waals surface area contributed by atoms with Crippen molar-refractivity contribution in [2.24, 2.45) is 4.40 Å². The lowest BCUT2D eigenvalue weighted by molar-refractivity contribution is -0.121. The number of benzene rings is 2. The number of hydrogen-bond acceptors (Lipinski definition) is 5. The van der Waals surface area contributed by atoms with Gasteiger partial charge in [0.05, 0.1) is 19.7 Å². The first-order valence-corrected chi connectivity index (χ1v) is 9.95. The normalized spacial score (nSPS) is 15.4. The molecule has 3 rings (SSSR count). The molecule has 1 heterocycles. The van der Waals surface area contributed by atoms with Gasteiger partial charge in [-0.3, -0.25) is 4.79 Å². The van der Waals surface area contributed by atoms with Crippen molar-refractivity contribution in [3.8, 4) is 5.75 Å². The lowest BCUT2D eigenvalue weighted by atomic mass is 10.1. The molecule has 9 heteroatoms. The summed E-state index contributed by atoms with van der Waals surface area (Å²) in [7, 11) is -0.783. The van der Waals surface area contributed by atoms with E-state index in [4.69, 9.17) is 4.74 Å². The van der Waals surface area contributed by atoms with Crippen molar-refractivity contribution in [2.75, 3.05) is 20.7 Å². The molecular formula is C19H20FN3O4S. The average Bonchev–Trinajstić information content (AvgIpc) is 2.93. The van der Waals surface area contributed by atoms with Crippen molar-refractivity contribution in [2.45, 2.75) is 17.9 Å². The molecule has 1 atom stereocenters.